The van der Waals surface area contributed by atoms with E-state index < -0.39 is 0 Å². The van der Waals surface area contributed by atoms with Crippen molar-refractivity contribution in [2.45, 2.75) is 13.8 Å². The van der Waals surface area contributed by atoms with Crippen molar-refractivity contribution in [3.63, 3.8) is 0 Å². The van der Waals surface area contributed by atoms with Gasteiger partial charge in [-0.05, 0) is 43.4 Å². The number of nitrogens with zero attached hydrogens (tertiary/aromatic N) is 4. The van der Waals surface area contributed by atoms with Crippen LogP contribution in [0.3, 0.4) is 0 Å². The zero-order chi connectivity index (χ0) is 18.9. The number of likely N-dealkylation sites (N-methyl/N-ethyl adjacent to an activating group) is 1. The Morgan fingerprint density at radius 1 is 1.00 bits per heavy atom. The average molecular weight is 363 g/mol. The third-order valence-electron chi connectivity index (χ3n) is 4.29. The van der Waals surface area contributed by atoms with Crippen LogP contribution in [-0.2, 0) is 0 Å². The molecule has 6 nitrogen and oxygen atoms in total. The van der Waals surface area contributed by atoms with E-state index in [4.69, 9.17) is 4.74 Å². The van der Waals surface area contributed by atoms with Crippen molar-refractivity contribution in [1.82, 2.24) is 19.9 Å². The topological polar surface area (TPSA) is 63.2 Å². The van der Waals surface area contributed by atoms with Gasteiger partial charge in [-0.3, -0.25) is 4.98 Å². The Morgan fingerprint density at radius 3 is 2.59 bits per heavy atom. The van der Waals surface area contributed by atoms with Crippen LogP contribution in [0.1, 0.15) is 13.8 Å². The summed E-state index contributed by atoms with van der Waals surface area (Å²) >= 11 is 0. The number of pyridine rings is 1. The highest BCUT2D eigenvalue weighted by molar-refractivity contribution is 5.62. The van der Waals surface area contributed by atoms with Crippen molar-refractivity contribution in [2.75, 3.05) is 31.6 Å². The minimum atomic E-state index is 0.546. The summed E-state index contributed by atoms with van der Waals surface area (Å²) in [5, 5.41) is 3.25. The fourth-order valence-corrected chi connectivity index (χ4v) is 2.73. The van der Waals surface area contributed by atoms with Crippen molar-refractivity contribution in [1.29, 1.82) is 0 Å². The van der Waals surface area contributed by atoms with Gasteiger partial charge in [0.05, 0.1) is 5.69 Å². The van der Waals surface area contributed by atoms with E-state index >= 15 is 0 Å². The number of hydrogen-bond acceptors (Lipinski definition) is 6. The maximum absolute atomic E-state index is 5.88. The number of benzene rings is 1. The van der Waals surface area contributed by atoms with Crippen LogP contribution in [-0.4, -0.2) is 46.1 Å². The van der Waals surface area contributed by atoms with E-state index in [1.807, 2.05) is 42.5 Å². The molecule has 0 bridgehead atoms. The number of ether oxygens (including phenoxy) is 1. The largest absolute Gasteiger partial charge is 0.492 e. The van der Waals surface area contributed by atoms with Gasteiger partial charge in [-0.2, -0.15) is 0 Å². The third-order valence-corrected chi connectivity index (χ3v) is 4.29. The molecule has 0 saturated heterocycles. The van der Waals surface area contributed by atoms with E-state index in [1.54, 1.807) is 18.6 Å². The molecular formula is C21H25N5O. The van der Waals surface area contributed by atoms with Gasteiger partial charge < -0.3 is 15.0 Å². The van der Waals surface area contributed by atoms with Gasteiger partial charge >= 0.3 is 0 Å². The molecule has 0 aliphatic rings. The molecule has 0 aliphatic carbocycles. The number of aromatic nitrogens is 3. The maximum Gasteiger partial charge on any atom is 0.227 e. The molecule has 27 heavy (non-hydrogen) atoms. The summed E-state index contributed by atoms with van der Waals surface area (Å²) < 4.78 is 5.88. The van der Waals surface area contributed by atoms with Gasteiger partial charge in [0, 0.05) is 42.5 Å². The lowest BCUT2D eigenvalue weighted by Crippen LogP contribution is -2.27. The van der Waals surface area contributed by atoms with Crippen molar-refractivity contribution < 1.29 is 4.74 Å². The third kappa shape index (κ3) is 5.49. The molecule has 0 saturated carbocycles. The molecule has 0 unspecified atom stereocenters. The van der Waals surface area contributed by atoms with E-state index in [0.717, 1.165) is 42.3 Å². The molecule has 3 aromatic rings. The van der Waals surface area contributed by atoms with Crippen LogP contribution in [0.5, 0.6) is 5.75 Å². The first-order chi connectivity index (χ1) is 13.3. The molecule has 0 fully saturated rings. The second-order valence-corrected chi connectivity index (χ2v) is 6.03. The molecule has 3 rings (SSSR count). The molecule has 6 heteroatoms. The highest BCUT2D eigenvalue weighted by Gasteiger charge is 2.04. The molecule has 2 heterocycles. The van der Waals surface area contributed by atoms with Crippen LogP contribution in [0.25, 0.3) is 11.3 Å². The van der Waals surface area contributed by atoms with Crippen molar-refractivity contribution >= 4 is 11.6 Å². The van der Waals surface area contributed by atoms with Crippen LogP contribution < -0.4 is 10.1 Å². The van der Waals surface area contributed by atoms with E-state index in [2.05, 4.69) is 39.0 Å². The van der Waals surface area contributed by atoms with Gasteiger partial charge in [0.25, 0.3) is 0 Å². The summed E-state index contributed by atoms with van der Waals surface area (Å²) in [7, 11) is 0. The quantitative estimate of drug-likeness (QED) is 0.620. The first-order valence-corrected chi connectivity index (χ1v) is 9.24. The fraction of sp³-hybridized carbons (Fsp3) is 0.286. The van der Waals surface area contributed by atoms with E-state index in [1.165, 1.54) is 0 Å². The van der Waals surface area contributed by atoms with Crippen molar-refractivity contribution in [3.8, 4) is 17.0 Å². The Hall–Kier alpha value is -2.99. The van der Waals surface area contributed by atoms with Gasteiger partial charge in [-0.1, -0.05) is 19.9 Å². The summed E-state index contributed by atoms with van der Waals surface area (Å²) in [6.07, 6.45) is 5.25. The molecule has 0 radical (unpaired) electrons. The van der Waals surface area contributed by atoms with Crippen LogP contribution in [0, 0.1) is 0 Å². The minimum Gasteiger partial charge on any atom is -0.492 e. The molecule has 1 aromatic carbocycles. The molecular weight excluding hydrogens is 338 g/mol. The number of nitrogens with one attached hydrogen (secondary N) is 1. The Bertz CT molecular complexity index is 837. The molecule has 140 valence electrons. The van der Waals surface area contributed by atoms with Gasteiger partial charge in [0.1, 0.15) is 12.4 Å². The Labute approximate surface area is 160 Å². The lowest BCUT2D eigenvalue weighted by molar-refractivity contribution is 0.223. The van der Waals surface area contributed by atoms with Gasteiger partial charge in [0.15, 0.2) is 0 Å². The minimum absolute atomic E-state index is 0.546. The first kappa shape index (κ1) is 18.8. The summed E-state index contributed by atoms with van der Waals surface area (Å²) in [5.74, 6) is 1.38. The predicted molar refractivity (Wildman–Crippen MR) is 108 cm³/mol. The Kier molecular flexibility index (Phi) is 6.71. The van der Waals surface area contributed by atoms with E-state index in [0.29, 0.717) is 12.6 Å². The molecule has 0 atom stereocenters. The lowest BCUT2D eigenvalue weighted by atomic mass is 10.2. The van der Waals surface area contributed by atoms with Crippen molar-refractivity contribution in [3.05, 3.63) is 61.1 Å². The molecule has 1 N–H and O–H groups in total. The van der Waals surface area contributed by atoms with Crippen molar-refractivity contribution in [2.24, 2.45) is 0 Å². The van der Waals surface area contributed by atoms with Gasteiger partial charge in [-0.25, -0.2) is 9.97 Å². The number of hydrogen-bond donors (Lipinski definition) is 1. The number of rotatable bonds is 9. The molecule has 0 spiro atoms. The summed E-state index contributed by atoms with van der Waals surface area (Å²) in [6.45, 7) is 7.97. The summed E-state index contributed by atoms with van der Waals surface area (Å²) in [4.78, 5) is 15.3. The van der Waals surface area contributed by atoms with Crippen LogP contribution in [0.2, 0.25) is 0 Å². The fourth-order valence-electron chi connectivity index (χ4n) is 2.73. The monoisotopic (exact) mass is 363 g/mol. The molecule has 0 aliphatic heterocycles. The standard InChI is InChI=1S/C21H25N5O/c1-3-26(4-2)14-15-27-19-7-5-6-18(16-19)24-21-23-13-10-20(25-21)17-8-11-22-12-9-17/h5-13,16H,3-4,14-15H2,1-2H3,(H,23,24,25). The van der Waals surface area contributed by atoms with Crippen LogP contribution in [0.15, 0.2) is 61.1 Å². The lowest BCUT2D eigenvalue weighted by Gasteiger charge is -2.18. The summed E-state index contributed by atoms with van der Waals surface area (Å²) in [5.41, 5.74) is 2.74. The first-order valence-electron chi connectivity index (χ1n) is 9.24. The maximum atomic E-state index is 5.88. The van der Waals surface area contributed by atoms with Crippen LogP contribution >= 0.6 is 0 Å². The highest BCUT2D eigenvalue weighted by Crippen LogP contribution is 2.21. The van der Waals surface area contributed by atoms with Crippen LogP contribution in [0.4, 0.5) is 11.6 Å². The molecule has 2 aromatic heterocycles. The van der Waals surface area contributed by atoms with Gasteiger partial charge in [0.2, 0.25) is 5.95 Å². The smallest absolute Gasteiger partial charge is 0.227 e. The summed E-state index contributed by atoms with van der Waals surface area (Å²) in [6, 6.07) is 13.6. The molecule has 0 amide bonds. The average Bonchev–Trinajstić information content (AvgIpc) is 2.72. The highest BCUT2D eigenvalue weighted by atomic mass is 16.5. The second-order valence-electron chi connectivity index (χ2n) is 6.03. The Morgan fingerprint density at radius 2 is 1.81 bits per heavy atom. The van der Waals surface area contributed by atoms with Gasteiger partial charge in [-0.15, -0.1) is 0 Å². The number of anilines is 2. The second kappa shape index (κ2) is 9.64. The van der Waals surface area contributed by atoms with E-state index in [9.17, 15) is 0 Å². The Balaban J connectivity index is 1.64. The predicted octanol–water partition coefficient (Wildman–Crippen LogP) is 4.00. The zero-order valence-corrected chi connectivity index (χ0v) is 15.8. The SMILES string of the molecule is CCN(CC)CCOc1cccc(Nc2nccc(-c3ccncc3)n2)c1. The zero-order valence-electron chi connectivity index (χ0n) is 15.8. The normalized spacial score (nSPS) is 10.8. The van der Waals surface area contributed by atoms with E-state index in [-0.39, 0.29) is 0 Å².